The van der Waals surface area contributed by atoms with Gasteiger partial charge in [0.15, 0.2) is 0 Å². The predicted octanol–water partition coefficient (Wildman–Crippen LogP) is 1.31. The van der Waals surface area contributed by atoms with E-state index in [1.807, 2.05) is 0 Å². The molecule has 0 bridgehead atoms. The summed E-state index contributed by atoms with van der Waals surface area (Å²) in [7, 11) is 1.69. The zero-order valence-electron chi connectivity index (χ0n) is 8.66. The third-order valence-corrected chi connectivity index (χ3v) is 2.56. The lowest BCUT2D eigenvalue weighted by atomic mass is 10.1. The van der Waals surface area contributed by atoms with Gasteiger partial charge in [0, 0.05) is 13.2 Å². The van der Waals surface area contributed by atoms with Crippen LogP contribution < -0.4 is 5.73 Å². The first-order valence-electron chi connectivity index (χ1n) is 5.12. The summed E-state index contributed by atoms with van der Waals surface area (Å²) in [6.45, 7) is 2.79. The van der Waals surface area contributed by atoms with Gasteiger partial charge in [0.2, 0.25) is 0 Å². The molecule has 3 heteroatoms. The monoisotopic (exact) mass is 187 g/mol. The second-order valence-corrected chi connectivity index (χ2v) is 3.94. The van der Waals surface area contributed by atoms with Gasteiger partial charge in [-0.1, -0.05) is 0 Å². The van der Waals surface area contributed by atoms with Crippen molar-refractivity contribution in [3.8, 4) is 0 Å². The minimum absolute atomic E-state index is 0.171. The fourth-order valence-corrected chi connectivity index (χ4v) is 1.79. The Balaban J connectivity index is 2.05. The molecule has 0 spiro atoms. The van der Waals surface area contributed by atoms with E-state index in [0.29, 0.717) is 18.8 Å². The first-order chi connectivity index (χ1) is 6.22. The van der Waals surface area contributed by atoms with Gasteiger partial charge in [0.1, 0.15) is 0 Å². The SMILES string of the molecule is COCC(N)CCC1CCC(C)O1. The zero-order chi connectivity index (χ0) is 9.68. The average Bonchev–Trinajstić information content (AvgIpc) is 2.49. The van der Waals surface area contributed by atoms with Crippen molar-refractivity contribution in [1.29, 1.82) is 0 Å². The van der Waals surface area contributed by atoms with Crippen LogP contribution in [0.3, 0.4) is 0 Å². The van der Waals surface area contributed by atoms with Crippen molar-refractivity contribution >= 4 is 0 Å². The highest BCUT2D eigenvalue weighted by atomic mass is 16.5. The van der Waals surface area contributed by atoms with Crippen LogP contribution in [0.5, 0.6) is 0 Å². The first-order valence-corrected chi connectivity index (χ1v) is 5.12. The van der Waals surface area contributed by atoms with Gasteiger partial charge in [-0.2, -0.15) is 0 Å². The van der Waals surface area contributed by atoms with Gasteiger partial charge in [-0.25, -0.2) is 0 Å². The van der Waals surface area contributed by atoms with E-state index < -0.39 is 0 Å². The third kappa shape index (κ3) is 4.07. The van der Waals surface area contributed by atoms with Crippen LogP contribution in [0.2, 0.25) is 0 Å². The first kappa shape index (κ1) is 11.0. The number of methoxy groups -OCH3 is 1. The second-order valence-electron chi connectivity index (χ2n) is 3.94. The lowest BCUT2D eigenvalue weighted by Crippen LogP contribution is -2.27. The van der Waals surface area contributed by atoms with Crippen molar-refractivity contribution in [3.05, 3.63) is 0 Å². The molecule has 0 radical (unpaired) electrons. The molecule has 1 aliphatic heterocycles. The molecule has 0 aromatic heterocycles. The molecule has 0 aliphatic carbocycles. The van der Waals surface area contributed by atoms with Crippen molar-refractivity contribution in [2.75, 3.05) is 13.7 Å². The van der Waals surface area contributed by atoms with Gasteiger partial charge in [0.25, 0.3) is 0 Å². The van der Waals surface area contributed by atoms with Crippen LogP contribution in [0.4, 0.5) is 0 Å². The van der Waals surface area contributed by atoms with Crippen molar-refractivity contribution in [2.45, 2.75) is 50.9 Å². The summed E-state index contributed by atoms with van der Waals surface area (Å²) >= 11 is 0. The smallest absolute Gasteiger partial charge is 0.0613 e. The summed E-state index contributed by atoms with van der Waals surface area (Å²) in [4.78, 5) is 0. The van der Waals surface area contributed by atoms with E-state index in [1.54, 1.807) is 7.11 Å². The molecule has 3 atom stereocenters. The van der Waals surface area contributed by atoms with Gasteiger partial charge in [0.05, 0.1) is 18.8 Å². The number of rotatable bonds is 5. The lowest BCUT2D eigenvalue weighted by Gasteiger charge is -2.14. The van der Waals surface area contributed by atoms with Crippen LogP contribution in [0.25, 0.3) is 0 Å². The number of ether oxygens (including phenoxy) is 2. The maximum Gasteiger partial charge on any atom is 0.0613 e. The van der Waals surface area contributed by atoms with Crippen molar-refractivity contribution in [3.63, 3.8) is 0 Å². The Bertz CT molecular complexity index is 141. The molecule has 1 fully saturated rings. The summed E-state index contributed by atoms with van der Waals surface area (Å²) in [6.07, 6.45) is 5.37. The molecular formula is C10H21NO2. The molecule has 1 aliphatic rings. The molecule has 0 saturated carbocycles. The van der Waals surface area contributed by atoms with E-state index >= 15 is 0 Å². The predicted molar refractivity (Wildman–Crippen MR) is 52.7 cm³/mol. The molecule has 0 aromatic carbocycles. The minimum atomic E-state index is 0.171. The number of hydrogen-bond acceptors (Lipinski definition) is 3. The average molecular weight is 187 g/mol. The van der Waals surface area contributed by atoms with Crippen LogP contribution in [0.15, 0.2) is 0 Å². The highest BCUT2D eigenvalue weighted by Gasteiger charge is 2.21. The topological polar surface area (TPSA) is 44.5 Å². The van der Waals surface area contributed by atoms with Gasteiger partial charge < -0.3 is 15.2 Å². The minimum Gasteiger partial charge on any atom is -0.383 e. The molecule has 3 nitrogen and oxygen atoms in total. The van der Waals surface area contributed by atoms with E-state index in [0.717, 1.165) is 12.8 Å². The molecule has 0 amide bonds. The van der Waals surface area contributed by atoms with Gasteiger partial charge in [-0.05, 0) is 32.6 Å². The summed E-state index contributed by atoms with van der Waals surface area (Å²) in [5.41, 5.74) is 5.82. The molecule has 1 rings (SSSR count). The van der Waals surface area contributed by atoms with Crippen LogP contribution in [-0.4, -0.2) is 32.0 Å². The zero-order valence-corrected chi connectivity index (χ0v) is 8.66. The van der Waals surface area contributed by atoms with Gasteiger partial charge in [-0.15, -0.1) is 0 Å². The molecule has 0 aromatic rings. The maximum atomic E-state index is 5.82. The maximum absolute atomic E-state index is 5.82. The Morgan fingerprint density at radius 3 is 2.85 bits per heavy atom. The summed E-state index contributed by atoms with van der Waals surface area (Å²) < 4.78 is 10.7. The van der Waals surface area contributed by atoms with Crippen molar-refractivity contribution in [2.24, 2.45) is 5.73 Å². The largest absolute Gasteiger partial charge is 0.383 e. The molecule has 1 heterocycles. The van der Waals surface area contributed by atoms with E-state index in [1.165, 1.54) is 12.8 Å². The number of hydrogen-bond donors (Lipinski definition) is 1. The Kier molecular flexibility index (Phi) is 4.70. The summed E-state index contributed by atoms with van der Waals surface area (Å²) in [6, 6.07) is 0.171. The fourth-order valence-electron chi connectivity index (χ4n) is 1.79. The van der Waals surface area contributed by atoms with Crippen molar-refractivity contribution < 1.29 is 9.47 Å². The summed E-state index contributed by atoms with van der Waals surface area (Å²) in [5, 5.41) is 0. The van der Waals surface area contributed by atoms with Crippen LogP contribution >= 0.6 is 0 Å². The van der Waals surface area contributed by atoms with Crippen LogP contribution in [0.1, 0.15) is 32.6 Å². The lowest BCUT2D eigenvalue weighted by molar-refractivity contribution is 0.0468. The number of nitrogens with two attached hydrogens (primary N) is 1. The standard InChI is InChI=1S/C10H21NO2/c1-8-3-5-10(13-8)6-4-9(11)7-12-2/h8-10H,3-7,11H2,1-2H3. The second kappa shape index (κ2) is 5.58. The molecule has 78 valence electrons. The van der Waals surface area contributed by atoms with E-state index in [4.69, 9.17) is 15.2 Å². The molecule has 1 saturated heterocycles. The fraction of sp³-hybridized carbons (Fsp3) is 1.00. The summed E-state index contributed by atoms with van der Waals surface area (Å²) in [5.74, 6) is 0. The van der Waals surface area contributed by atoms with Gasteiger partial charge in [-0.3, -0.25) is 0 Å². The molecule has 2 N–H and O–H groups in total. The van der Waals surface area contributed by atoms with E-state index in [2.05, 4.69) is 6.92 Å². The highest BCUT2D eigenvalue weighted by Crippen LogP contribution is 2.22. The Labute approximate surface area is 80.6 Å². The van der Waals surface area contributed by atoms with Crippen molar-refractivity contribution in [1.82, 2.24) is 0 Å². The third-order valence-electron chi connectivity index (χ3n) is 2.56. The normalized spacial score (nSPS) is 30.7. The van der Waals surface area contributed by atoms with Gasteiger partial charge >= 0.3 is 0 Å². The van der Waals surface area contributed by atoms with E-state index in [9.17, 15) is 0 Å². The Morgan fingerprint density at radius 1 is 1.54 bits per heavy atom. The molecular weight excluding hydrogens is 166 g/mol. The molecule has 3 unspecified atom stereocenters. The quantitative estimate of drug-likeness (QED) is 0.705. The highest BCUT2D eigenvalue weighted by molar-refractivity contribution is 4.72. The van der Waals surface area contributed by atoms with Crippen LogP contribution in [0, 0.1) is 0 Å². The Morgan fingerprint density at radius 2 is 2.31 bits per heavy atom. The molecule has 13 heavy (non-hydrogen) atoms. The Hall–Kier alpha value is -0.120. The van der Waals surface area contributed by atoms with E-state index in [-0.39, 0.29) is 6.04 Å². The van der Waals surface area contributed by atoms with Crippen LogP contribution in [-0.2, 0) is 9.47 Å².